The molecular formula is C21H33O4P. The molecule has 0 saturated heterocycles. The van der Waals surface area contributed by atoms with Gasteiger partial charge in [0.2, 0.25) is 0 Å². The van der Waals surface area contributed by atoms with Gasteiger partial charge in [0.1, 0.15) is 5.75 Å². The number of benzene rings is 1. The Bertz CT molecular complexity index is 598. The first-order valence-electron chi connectivity index (χ1n) is 10.1. The molecule has 2 fully saturated rings. The number of aryl methyl sites for hydroxylation is 1. The molecule has 0 aliphatic heterocycles. The minimum absolute atomic E-state index is 0.441. The molecule has 0 spiro atoms. The number of phosphoric acid groups is 1. The fourth-order valence-corrected chi connectivity index (χ4v) is 6.04. The molecule has 0 bridgehead atoms. The van der Waals surface area contributed by atoms with Gasteiger partial charge in [0.25, 0.3) is 0 Å². The minimum Gasteiger partial charge on any atom is -0.404 e. The highest BCUT2D eigenvalue weighted by molar-refractivity contribution is 7.49. The number of rotatable bonds is 6. The highest BCUT2D eigenvalue weighted by Crippen LogP contribution is 2.58. The highest BCUT2D eigenvalue weighted by Gasteiger charge is 2.45. The van der Waals surface area contributed by atoms with Gasteiger partial charge in [-0.1, -0.05) is 56.2 Å². The molecule has 2 aliphatic rings. The van der Waals surface area contributed by atoms with Crippen molar-refractivity contribution >= 4 is 7.82 Å². The second-order valence-electron chi connectivity index (χ2n) is 8.56. The maximum Gasteiger partial charge on any atom is 0.531 e. The van der Waals surface area contributed by atoms with E-state index in [0.717, 1.165) is 56.9 Å². The van der Waals surface area contributed by atoms with Gasteiger partial charge >= 0.3 is 7.82 Å². The Morgan fingerprint density at radius 3 is 1.62 bits per heavy atom. The summed E-state index contributed by atoms with van der Waals surface area (Å²) in [4.78, 5) is 0. The van der Waals surface area contributed by atoms with Crippen LogP contribution in [0.4, 0.5) is 0 Å². The molecule has 0 amide bonds. The molecule has 4 nitrogen and oxygen atoms in total. The average molecular weight is 380 g/mol. The summed E-state index contributed by atoms with van der Waals surface area (Å²) >= 11 is 0. The minimum atomic E-state index is -3.72. The normalized spacial score (nSPS) is 22.7. The molecule has 0 unspecified atom stereocenters. The summed E-state index contributed by atoms with van der Waals surface area (Å²) < 4.78 is 32.0. The predicted molar refractivity (Wildman–Crippen MR) is 105 cm³/mol. The van der Waals surface area contributed by atoms with E-state index in [1.807, 2.05) is 45.0 Å². The summed E-state index contributed by atoms with van der Waals surface area (Å²) in [5.41, 5.74) is 0.250. The maximum atomic E-state index is 13.7. The van der Waals surface area contributed by atoms with Crippen molar-refractivity contribution in [3.63, 3.8) is 0 Å². The van der Waals surface area contributed by atoms with Crippen LogP contribution >= 0.6 is 7.82 Å². The Morgan fingerprint density at radius 1 is 0.769 bits per heavy atom. The Hall–Kier alpha value is -0.830. The summed E-state index contributed by atoms with van der Waals surface area (Å²) in [6, 6.07) is 7.57. The third kappa shape index (κ3) is 5.34. The molecule has 0 N–H and O–H groups in total. The number of hydrogen-bond acceptors (Lipinski definition) is 4. The van der Waals surface area contributed by atoms with Crippen LogP contribution in [0.1, 0.15) is 83.6 Å². The van der Waals surface area contributed by atoms with Gasteiger partial charge in [-0.2, -0.15) is 0 Å². The zero-order valence-corrected chi connectivity index (χ0v) is 17.4. The van der Waals surface area contributed by atoms with Crippen molar-refractivity contribution in [1.82, 2.24) is 0 Å². The Kier molecular flexibility index (Phi) is 6.16. The van der Waals surface area contributed by atoms with Crippen molar-refractivity contribution in [2.24, 2.45) is 0 Å². The fourth-order valence-electron chi connectivity index (χ4n) is 4.11. The lowest BCUT2D eigenvalue weighted by atomic mass is 9.87. The van der Waals surface area contributed by atoms with Crippen molar-refractivity contribution in [3.8, 4) is 5.75 Å². The van der Waals surface area contributed by atoms with Crippen LogP contribution in [0, 0.1) is 6.92 Å². The first kappa shape index (κ1) is 19.9. The molecule has 1 aromatic carbocycles. The molecule has 2 saturated carbocycles. The van der Waals surface area contributed by atoms with E-state index in [-0.39, 0.29) is 0 Å². The predicted octanol–water partition coefficient (Wildman–Crippen LogP) is 6.96. The third-order valence-corrected chi connectivity index (χ3v) is 7.49. The van der Waals surface area contributed by atoms with E-state index in [9.17, 15) is 4.57 Å². The molecule has 5 heteroatoms. The van der Waals surface area contributed by atoms with E-state index in [4.69, 9.17) is 13.6 Å². The van der Waals surface area contributed by atoms with E-state index in [1.54, 1.807) is 0 Å². The summed E-state index contributed by atoms with van der Waals surface area (Å²) in [6.07, 6.45) is 10.4. The monoisotopic (exact) mass is 380 g/mol. The van der Waals surface area contributed by atoms with Crippen molar-refractivity contribution in [2.75, 3.05) is 0 Å². The topological polar surface area (TPSA) is 44.8 Å². The zero-order valence-electron chi connectivity index (χ0n) is 16.5. The first-order valence-corrected chi connectivity index (χ1v) is 11.5. The van der Waals surface area contributed by atoms with Crippen LogP contribution in [-0.4, -0.2) is 11.2 Å². The lowest BCUT2D eigenvalue weighted by Gasteiger charge is -2.40. The molecule has 3 rings (SSSR count). The van der Waals surface area contributed by atoms with Crippen LogP contribution in [0.2, 0.25) is 0 Å². The van der Waals surface area contributed by atoms with E-state index in [0.29, 0.717) is 5.75 Å². The molecule has 1 aromatic rings. The third-order valence-electron chi connectivity index (χ3n) is 5.73. The zero-order chi connectivity index (χ0) is 18.7. The van der Waals surface area contributed by atoms with Crippen LogP contribution in [0.15, 0.2) is 24.3 Å². The van der Waals surface area contributed by atoms with Gasteiger partial charge in [-0.15, -0.1) is 0 Å². The molecule has 26 heavy (non-hydrogen) atoms. The van der Waals surface area contributed by atoms with Gasteiger partial charge < -0.3 is 4.52 Å². The van der Waals surface area contributed by atoms with Gasteiger partial charge in [0, 0.05) is 0 Å². The molecule has 146 valence electrons. The van der Waals surface area contributed by atoms with Gasteiger partial charge in [0.05, 0.1) is 11.2 Å². The molecule has 0 aromatic heterocycles. The van der Waals surface area contributed by atoms with Gasteiger partial charge in [-0.3, -0.25) is 9.05 Å². The van der Waals surface area contributed by atoms with Crippen molar-refractivity contribution < 1.29 is 18.1 Å². The highest BCUT2D eigenvalue weighted by atomic mass is 31.2. The first-order chi connectivity index (χ1) is 12.3. The van der Waals surface area contributed by atoms with Crippen LogP contribution < -0.4 is 4.52 Å². The van der Waals surface area contributed by atoms with Gasteiger partial charge in [0.15, 0.2) is 0 Å². The second kappa shape index (κ2) is 8.04. The Morgan fingerprint density at radius 2 is 1.19 bits per heavy atom. The van der Waals surface area contributed by atoms with Gasteiger partial charge in [-0.05, 0) is 58.6 Å². The summed E-state index contributed by atoms with van der Waals surface area (Å²) in [5, 5.41) is 0. The summed E-state index contributed by atoms with van der Waals surface area (Å²) in [6.45, 7) is 6.11. The Balaban J connectivity index is 1.81. The van der Waals surface area contributed by atoms with Crippen molar-refractivity contribution in [1.29, 1.82) is 0 Å². The standard InChI is InChI=1S/C21H33O4P/c1-18-10-12-19(13-11-18)23-26(22,24-20(2)14-6-4-7-15-20)25-21(3)16-8-5-9-17-21/h10-13H,4-9,14-17H2,1-3H3. The second-order valence-corrected chi connectivity index (χ2v) is 10.00. The molecule has 0 heterocycles. The van der Waals surface area contributed by atoms with Crippen molar-refractivity contribution in [2.45, 2.75) is 96.2 Å². The van der Waals surface area contributed by atoms with Crippen LogP contribution in [0.5, 0.6) is 5.75 Å². The van der Waals surface area contributed by atoms with Crippen LogP contribution in [0.3, 0.4) is 0 Å². The lowest BCUT2D eigenvalue weighted by molar-refractivity contribution is -0.0343. The summed E-state index contributed by atoms with van der Waals surface area (Å²) in [7, 11) is -3.72. The number of hydrogen-bond donors (Lipinski definition) is 0. The fraction of sp³-hybridized carbons (Fsp3) is 0.714. The molecular weight excluding hydrogens is 347 g/mol. The lowest BCUT2D eigenvalue weighted by Crippen LogP contribution is -2.35. The van der Waals surface area contributed by atoms with Crippen LogP contribution in [-0.2, 0) is 13.6 Å². The van der Waals surface area contributed by atoms with Crippen LogP contribution in [0.25, 0.3) is 0 Å². The van der Waals surface area contributed by atoms with E-state index >= 15 is 0 Å². The van der Waals surface area contributed by atoms with E-state index in [2.05, 4.69) is 0 Å². The Labute approximate surface area is 158 Å². The number of phosphoric ester groups is 1. The van der Waals surface area contributed by atoms with Gasteiger partial charge in [-0.25, -0.2) is 4.57 Å². The summed E-state index contributed by atoms with van der Waals surface area (Å²) in [5.74, 6) is 0.540. The molecule has 0 radical (unpaired) electrons. The largest absolute Gasteiger partial charge is 0.531 e. The molecule has 2 aliphatic carbocycles. The maximum absolute atomic E-state index is 13.7. The van der Waals surface area contributed by atoms with Crippen molar-refractivity contribution in [3.05, 3.63) is 29.8 Å². The smallest absolute Gasteiger partial charge is 0.404 e. The quantitative estimate of drug-likeness (QED) is 0.500. The molecule has 0 atom stereocenters. The SMILES string of the molecule is Cc1ccc(OP(=O)(OC2(C)CCCCC2)OC2(C)CCCCC2)cc1. The van der Waals surface area contributed by atoms with E-state index < -0.39 is 19.0 Å². The van der Waals surface area contributed by atoms with E-state index in [1.165, 1.54) is 12.8 Å². The average Bonchev–Trinajstić information content (AvgIpc) is 2.57.